The summed E-state index contributed by atoms with van der Waals surface area (Å²) in [4.78, 5) is 28.8. The first-order valence-electron chi connectivity index (χ1n) is 9.89. The number of hydrogen-bond donors (Lipinski definition) is 0. The minimum Gasteiger partial charge on any atom is -0.497 e. The summed E-state index contributed by atoms with van der Waals surface area (Å²) in [7, 11) is 3.16. The van der Waals surface area contributed by atoms with E-state index in [2.05, 4.69) is 15.9 Å². The molecule has 4 aromatic rings. The van der Waals surface area contributed by atoms with E-state index >= 15 is 0 Å². The molecular formula is C25H18BrNO5. The predicted molar refractivity (Wildman–Crippen MR) is 125 cm³/mol. The van der Waals surface area contributed by atoms with Crippen LogP contribution < -0.4 is 19.8 Å². The molecule has 2 heterocycles. The fourth-order valence-corrected chi connectivity index (χ4v) is 4.44. The summed E-state index contributed by atoms with van der Waals surface area (Å²) < 4.78 is 17.4. The number of amides is 1. The van der Waals surface area contributed by atoms with Crippen molar-refractivity contribution in [2.75, 3.05) is 19.1 Å². The average molecular weight is 492 g/mol. The number of hydrogen-bond acceptors (Lipinski definition) is 5. The van der Waals surface area contributed by atoms with Gasteiger partial charge in [-0.1, -0.05) is 28.1 Å². The van der Waals surface area contributed by atoms with E-state index in [-0.39, 0.29) is 17.1 Å². The van der Waals surface area contributed by atoms with Gasteiger partial charge in [-0.2, -0.15) is 0 Å². The van der Waals surface area contributed by atoms with Gasteiger partial charge in [0.25, 0.3) is 5.91 Å². The van der Waals surface area contributed by atoms with Crippen molar-refractivity contribution in [3.05, 3.63) is 98.3 Å². The van der Waals surface area contributed by atoms with E-state index in [0.717, 1.165) is 10.0 Å². The maximum atomic E-state index is 13.6. The predicted octanol–water partition coefficient (Wildman–Crippen LogP) is 5.32. The highest BCUT2D eigenvalue weighted by Crippen LogP contribution is 2.42. The van der Waals surface area contributed by atoms with E-state index < -0.39 is 6.04 Å². The molecule has 1 aliphatic rings. The second-order valence-electron chi connectivity index (χ2n) is 7.37. The molecule has 160 valence electrons. The Kier molecular flexibility index (Phi) is 4.98. The summed E-state index contributed by atoms with van der Waals surface area (Å²) in [6, 6.07) is 19.0. The van der Waals surface area contributed by atoms with Crippen molar-refractivity contribution in [1.82, 2.24) is 0 Å². The van der Waals surface area contributed by atoms with Crippen LogP contribution in [0.3, 0.4) is 0 Å². The molecule has 0 saturated heterocycles. The number of fused-ring (bicyclic) bond motifs is 2. The van der Waals surface area contributed by atoms with Crippen molar-refractivity contribution in [2.45, 2.75) is 6.04 Å². The van der Waals surface area contributed by atoms with Gasteiger partial charge in [0.1, 0.15) is 17.1 Å². The summed E-state index contributed by atoms with van der Waals surface area (Å²) in [5.41, 5.74) is 1.81. The first-order chi connectivity index (χ1) is 15.5. The van der Waals surface area contributed by atoms with E-state index in [0.29, 0.717) is 33.7 Å². The third-order valence-corrected chi connectivity index (χ3v) is 6.09. The zero-order chi connectivity index (χ0) is 22.4. The van der Waals surface area contributed by atoms with Gasteiger partial charge in [0.15, 0.2) is 5.43 Å². The summed E-state index contributed by atoms with van der Waals surface area (Å²) in [6.45, 7) is 0. The Hall–Kier alpha value is -3.58. The third kappa shape index (κ3) is 3.17. The van der Waals surface area contributed by atoms with Gasteiger partial charge in [-0.3, -0.25) is 14.5 Å². The van der Waals surface area contributed by atoms with E-state index in [9.17, 15) is 9.59 Å². The van der Waals surface area contributed by atoms with Gasteiger partial charge in [0.05, 0.1) is 31.2 Å². The molecule has 1 unspecified atom stereocenters. The second kappa shape index (κ2) is 7.84. The van der Waals surface area contributed by atoms with Gasteiger partial charge >= 0.3 is 0 Å². The molecule has 1 amide bonds. The van der Waals surface area contributed by atoms with E-state index in [1.54, 1.807) is 61.6 Å². The van der Waals surface area contributed by atoms with Crippen LogP contribution in [-0.2, 0) is 0 Å². The zero-order valence-electron chi connectivity index (χ0n) is 17.3. The molecule has 0 saturated carbocycles. The lowest BCUT2D eigenvalue weighted by atomic mass is 9.98. The molecule has 0 fully saturated rings. The third-order valence-electron chi connectivity index (χ3n) is 5.59. The monoisotopic (exact) mass is 491 g/mol. The van der Waals surface area contributed by atoms with Crippen LogP contribution in [0.2, 0.25) is 0 Å². The van der Waals surface area contributed by atoms with Crippen LogP contribution in [0.1, 0.15) is 27.7 Å². The van der Waals surface area contributed by atoms with Gasteiger partial charge < -0.3 is 13.9 Å². The number of rotatable bonds is 4. The summed E-state index contributed by atoms with van der Waals surface area (Å²) in [5.74, 6) is 0.972. The standard InChI is InChI=1S/C25H18BrNO5/c1-30-17-9-7-16(8-10-17)27-22(14-4-3-5-18(12-14)31-2)21-23(28)19-13-15(26)6-11-20(19)32-24(21)25(27)29/h3-13,22H,1-2H3. The van der Waals surface area contributed by atoms with Crippen LogP contribution in [0.25, 0.3) is 11.0 Å². The average Bonchev–Trinajstić information content (AvgIpc) is 3.12. The quantitative estimate of drug-likeness (QED) is 0.386. The van der Waals surface area contributed by atoms with Crippen LogP contribution >= 0.6 is 15.9 Å². The number of carbonyl (C=O) groups is 1. The summed E-state index contributed by atoms with van der Waals surface area (Å²) in [5, 5.41) is 0.412. The molecule has 1 aromatic heterocycles. The molecule has 0 N–H and O–H groups in total. The van der Waals surface area contributed by atoms with Crippen LogP contribution in [0.15, 0.2) is 80.4 Å². The van der Waals surface area contributed by atoms with Crippen molar-refractivity contribution in [3.8, 4) is 11.5 Å². The maximum Gasteiger partial charge on any atom is 0.295 e. The normalized spacial score (nSPS) is 15.2. The number of nitrogens with zero attached hydrogens (tertiary/aromatic N) is 1. The smallest absolute Gasteiger partial charge is 0.295 e. The zero-order valence-corrected chi connectivity index (χ0v) is 18.9. The lowest BCUT2D eigenvalue weighted by molar-refractivity contribution is 0.0971. The van der Waals surface area contributed by atoms with E-state index in [4.69, 9.17) is 13.9 Å². The Labute approximate surface area is 192 Å². The largest absolute Gasteiger partial charge is 0.497 e. The molecule has 6 nitrogen and oxygen atoms in total. The second-order valence-corrected chi connectivity index (χ2v) is 8.28. The molecule has 0 bridgehead atoms. The minimum atomic E-state index is -0.666. The first kappa shape index (κ1) is 20.3. The highest BCUT2D eigenvalue weighted by atomic mass is 79.9. The molecule has 0 spiro atoms. The Morgan fingerprint density at radius 2 is 1.66 bits per heavy atom. The van der Waals surface area contributed by atoms with Gasteiger partial charge in [0, 0.05) is 10.2 Å². The SMILES string of the molecule is COc1ccc(N2C(=O)c3oc4ccc(Br)cc4c(=O)c3C2c2cccc(OC)c2)cc1. The highest BCUT2D eigenvalue weighted by Gasteiger charge is 2.43. The van der Waals surface area contributed by atoms with Crippen molar-refractivity contribution >= 4 is 38.5 Å². The summed E-state index contributed by atoms with van der Waals surface area (Å²) in [6.07, 6.45) is 0. The van der Waals surface area contributed by atoms with Gasteiger partial charge in [-0.15, -0.1) is 0 Å². The summed E-state index contributed by atoms with van der Waals surface area (Å²) >= 11 is 3.41. The van der Waals surface area contributed by atoms with Gasteiger partial charge in [-0.25, -0.2) is 0 Å². The number of anilines is 1. The van der Waals surface area contributed by atoms with E-state index in [1.807, 2.05) is 24.3 Å². The molecule has 32 heavy (non-hydrogen) atoms. The Morgan fingerprint density at radius 3 is 2.38 bits per heavy atom. The van der Waals surface area contributed by atoms with Crippen LogP contribution in [0, 0.1) is 0 Å². The lowest BCUT2D eigenvalue weighted by Crippen LogP contribution is -2.29. The van der Waals surface area contributed by atoms with Crippen LogP contribution in [0.4, 0.5) is 5.69 Å². The topological polar surface area (TPSA) is 69.0 Å². The Balaban J connectivity index is 1.79. The number of ether oxygens (including phenoxy) is 2. The first-order valence-corrected chi connectivity index (χ1v) is 10.7. The number of methoxy groups -OCH3 is 2. The van der Waals surface area contributed by atoms with Gasteiger partial charge in [0.2, 0.25) is 5.76 Å². The van der Waals surface area contributed by atoms with Crippen molar-refractivity contribution in [2.24, 2.45) is 0 Å². The van der Waals surface area contributed by atoms with Crippen molar-refractivity contribution in [3.63, 3.8) is 0 Å². The highest BCUT2D eigenvalue weighted by molar-refractivity contribution is 9.10. The minimum absolute atomic E-state index is 0.0495. The molecule has 1 aliphatic heterocycles. The van der Waals surface area contributed by atoms with Crippen LogP contribution in [-0.4, -0.2) is 20.1 Å². The molecule has 0 aliphatic carbocycles. The van der Waals surface area contributed by atoms with Crippen LogP contribution in [0.5, 0.6) is 11.5 Å². The van der Waals surface area contributed by atoms with E-state index in [1.165, 1.54) is 0 Å². The number of benzene rings is 3. The van der Waals surface area contributed by atoms with Crippen molar-refractivity contribution in [1.29, 1.82) is 0 Å². The number of halogens is 1. The lowest BCUT2D eigenvalue weighted by Gasteiger charge is -2.25. The molecule has 0 radical (unpaired) electrons. The molecule has 3 aromatic carbocycles. The fourth-order valence-electron chi connectivity index (χ4n) is 4.08. The molecule has 7 heteroatoms. The molecular weight excluding hydrogens is 474 g/mol. The maximum absolute atomic E-state index is 13.6. The molecule has 1 atom stereocenters. The van der Waals surface area contributed by atoms with Crippen molar-refractivity contribution < 1.29 is 18.7 Å². The Bertz CT molecular complexity index is 1410. The van der Waals surface area contributed by atoms with Gasteiger partial charge in [-0.05, 0) is 60.2 Å². The fraction of sp³-hybridized carbons (Fsp3) is 0.120. The molecule has 5 rings (SSSR count). The Morgan fingerprint density at radius 1 is 0.906 bits per heavy atom. The number of carbonyl (C=O) groups excluding carboxylic acids is 1.